The molecule has 0 amide bonds. The maximum atomic E-state index is 12.3. The van der Waals surface area contributed by atoms with E-state index in [2.05, 4.69) is 4.74 Å². The number of hydrogen-bond acceptors (Lipinski definition) is 4. The van der Waals surface area contributed by atoms with Crippen LogP contribution < -0.4 is 0 Å². The van der Waals surface area contributed by atoms with Crippen molar-refractivity contribution in [2.75, 3.05) is 6.61 Å². The number of ketones is 1. The fourth-order valence-electron chi connectivity index (χ4n) is 1.43. The molecule has 1 unspecified atom stereocenters. The Kier molecular flexibility index (Phi) is 3.36. The molecule has 1 aliphatic heterocycles. The molecular weight excluding hydrogens is 274 g/mol. The molecule has 1 saturated heterocycles. The van der Waals surface area contributed by atoms with Gasteiger partial charge in [0.2, 0.25) is 0 Å². The normalized spacial score (nSPS) is 21.9. The minimum absolute atomic E-state index is 0.471. The standard InChI is InChI=1S/C8H6F6O4/c9-7(10,11)6(17,8(12,13)14)4(15)3-1-2-18-5(3)16/h3,17H,1-2H2. The van der Waals surface area contributed by atoms with Crippen LogP contribution in [-0.4, -0.2) is 41.4 Å². The molecule has 104 valence electrons. The molecule has 1 rings (SSSR count). The number of hydrogen-bond donors (Lipinski definition) is 1. The van der Waals surface area contributed by atoms with Crippen LogP contribution in [0.3, 0.4) is 0 Å². The summed E-state index contributed by atoms with van der Waals surface area (Å²) < 4.78 is 77.8. The van der Waals surface area contributed by atoms with Crippen molar-refractivity contribution in [3.8, 4) is 0 Å². The number of ether oxygens (including phenoxy) is 1. The lowest BCUT2D eigenvalue weighted by Gasteiger charge is -2.31. The van der Waals surface area contributed by atoms with Crippen LogP contribution in [0.25, 0.3) is 0 Å². The topological polar surface area (TPSA) is 63.6 Å². The molecular formula is C8H6F6O4. The molecule has 0 spiro atoms. The van der Waals surface area contributed by atoms with Gasteiger partial charge in [0, 0.05) is 6.42 Å². The summed E-state index contributed by atoms with van der Waals surface area (Å²) in [7, 11) is 0. The molecule has 0 aromatic carbocycles. The number of cyclic esters (lactones) is 1. The predicted octanol–water partition coefficient (Wildman–Crippen LogP) is 0.974. The number of carbonyl (C=O) groups excluding carboxylic acids is 2. The first-order valence-corrected chi connectivity index (χ1v) is 4.49. The monoisotopic (exact) mass is 280 g/mol. The van der Waals surface area contributed by atoms with Gasteiger partial charge in [0.25, 0.3) is 0 Å². The summed E-state index contributed by atoms with van der Waals surface area (Å²) in [6, 6.07) is 0. The van der Waals surface area contributed by atoms with E-state index < -0.39 is 48.7 Å². The van der Waals surface area contributed by atoms with Crippen LogP contribution in [0, 0.1) is 5.92 Å². The van der Waals surface area contributed by atoms with E-state index in [1.54, 1.807) is 0 Å². The molecule has 1 atom stereocenters. The lowest BCUT2D eigenvalue weighted by atomic mass is 9.86. The van der Waals surface area contributed by atoms with Gasteiger partial charge in [-0.25, -0.2) is 0 Å². The molecule has 1 heterocycles. The third-order valence-corrected chi connectivity index (χ3v) is 2.43. The van der Waals surface area contributed by atoms with E-state index in [1.807, 2.05) is 0 Å². The number of halogens is 6. The molecule has 0 saturated carbocycles. The zero-order chi connectivity index (χ0) is 14.4. The summed E-state index contributed by atoms with van der Waals surface area (Å²) in [6.07, 6.45) is -13.2. The average Bonchev–Trinajstić information content (AvgIpc) is 2.58. The van der Waals surface area contributed by atoms with Crippen LogP contribution in [-0.2, 0) is 14.3 Å². The molecule has 0 radical (unpaired) electrons. The van der Waals surface area contributed by atoms with Gasteiger partial charge in [0.1, 0.15) is 5.92 Å². The number of aliphatic hydroxyl groups is 1. The largest absolute Gasteiger partial charge is 0.465 e. The smallest absolute Gasteiger partial charge is 0.433 e. The molecule has 0 aromatic heterocycles. The zero-order valence-electron chi connectivity index (χ0n) is 8.43. The van der Waals surface area contributed by atoms with Crippen LogP contribution >= 0.6 is 0 Å². The minimum atomic E-state index is -6.27. The number of Topliss-reactive ketones (excluding diaryl/α,β-unsaturated/α-hetero) is 1. The SMILES string of the molecule is O=C1OCCC1C(=O)C(O)(C(F)(F)F)C(F)(F)F. The van der Waals surface area contributed by atoms with Gasteiger partial charge < -0.3 is 9.84 Å². The molecule has 10 heteroatoms. The van der Waals surface area contributed by atoms with E-state index >= 15 is 0 Å². The van der Waals surface area contributed by atoms with E-state index in [1.165, 1.54) is 0 Å². The van der Waals surface area contributed by atoms with E-state index in [0.717, 1.165) is 0 Å². The molecule has 1 fully saturated rings. The first kappa shape index (κ1) is 14.7. The fourth-order valence-corrected chi connectivity index (χ4v) is 1.43. The van der Waals surface area contributed by atoms with Crippen molar-refractivity contribution >= 4 is 11.8 Å². The third kappa shape index (κ3) is 2.04. The van der Waals surface area contributed by atoms with Crippen molar-refractivity contribution in [1.82, 2.24) is 0 Å². The van der Waals surface area contributed by atoms with Crippen LogP contribution in [0.15, 0.2) is 0 Å². The molecule has 0 aromatic rings. The Morgan fingerprint density at radius 1 is 1.17 bits per heavy atom. The Bertz CT molecular complexity index is 357. The highest BCUT2D eigenvalue weighted by Crippen LogP contribution is 2.45. The van der Waals surface area contributed by atoms with Crippen molar-refractivity contribution in [2.45, 2.75) is 24.4 Å². The Morgan fingerprint density at radius 3 is 1.89 bits per heavy atom. The first-order valence-electron chi connectivity index (χ1n) is 4.49. The summed E-state index contributed by atoms with van der Waals surface area (Å²) in [4.78, 5) is 22.0. The van der Waals surface area contributed by atoms with Crippen LogP contribution in [0.1, 0.15) is 6.42 Å². The molecule has 4 nitrogen and oxygen atoms in total. The second-order valence-electron chi connectivity index (χ2n) is 3.58. The first-order chi connectivity index (χ1) is 7.93. The summed E-state index contributed by atoms with van der Waals surface area (Å²) in [5.74, 6) is -6.44. The maximum Gasteiger partial charge on any atom is 0.433 e. The summed E-state index contributed by atoms with van der Waals surface area (Å²) >= 11 is 0. The fraction of sp³-hybridized carbons (Fsp3) is 0.750. The van der Waals surface area contributed by atoms with Gasteiger partial charge in [-0.1, -0.05) is 0 Å². The molecule has 0 aliphatic carbocycles. The Balaban J connectivity index is 3.21. The predicted molar refractivity (Wildman–Crippen MR) is 41.1 cm³/mol. The number of carbonyl (C=O) groups is 2. The lowest BCUT2D eigenvalue weighted by Crippen LogP contribution is -2.64. The second-order valence-corrected chi connectivity index (χ2v) is 3.58. The summed E-state index contributed by atoms with van der Waals surface area (Å²) in [5, 5.41) is 8.72. The highest BCUT2D eigenvalue weighted by molar-refractivity contribution is 6.05. The van der Waals surface area contributed by atoms with Gasteiger partial charge in [-0.15, -0.1) is 0 Å². The van der Waals surface area contributed by atoms with Gasteiger partial charge in [0.15, 0.2) is 5.78 Å². The number of alkyl halides is 6. The van der Waals surface area contributed by atoms with E-state index in [4.69, 9.17) is 5.11 Å². The van der Waals surface area contributed by atoms with Crippen molar-refractivity contribution in [3.63, 3.8) is 0 Å². The van der Waals surface area contributed by atoms with Crippen molar-refractivity contribution in [3.05, 3.63) is 0 Å². The van der Waals surface area contributed by atoms with Crippen LogP contribution in [0.5, 0.6) is 0 Å². The van der Waals surface area contributed by atoms with Gasteiger partial charge in [0.05, 0.1) is 6.61 Å². The van der Waals surface area contributed by atoms with E-state index in [9.17, 15) is 35.9 Å². The van der Waals surface area contributed by atoms with E-state index in [0.29, 0.717) is 0 Å². The maximum absolute atomic E-state index is 12.3. The average molecular weight is 280 g/mol. The Morgan fingerprint density at radius 2 is 1.61 bits per heavy atom. The Hall–Kier alpha value is -1.32. The highest BCUT2D eigenvalue weighted by Gasteiger charge is 2.76. The second kappa shape index (κ2) is 4.11. The summed E-state index contributed by atoms with van der Waals surface area (Å²) in [5.41, 5.74) is -5.56. The quantitative estimate of drug-likeness (QED) is 0.465. The number of rotatable bonds is 2. The van der Waals surface area contributed by atoms with Crippen molar-refractivity contribution in [2.24, 2.45) is 5.92 Å². The van der Waals surface area contributed by atoms with Crippen LogP contribution in [0.2, 0.25) is 0 Å². The van der Waals surface area contributed by atoms with Crippen molar-refractivity contribution < 1.29 is 45.8 Å². The zero-order valence-corrected chi connectivity index (χ0v) is 8.43. The molecule has 18 heavy (non-hydrogen) atoms. The number of esters is 1. The molecule has 1 aliphatic rings. The van der Waals surface area contributed by atoms with Gasteiger partial charge in [-0.2, -0.15) is 26.3 Å². The van der Waals surface area contributed by atoms with Gasteiger partial charge in [-0.05, 0) is 0 Å². The van der Waals surface area contributed by atoms with Crippen LogP contribution in [0.4, 0.5) is 26.3 Å². The summed E-state index contributed by atoms with van der Waals surface area (Å²) in [6.45, 7) is -0.471. The molecule has 0 bridgehead atoms. The third-order valence-electron chi connectivity index (χ3n) is 2.43. The van der Waals surface area contributed by atoms with E-state index in [-0.39, 0.29) is 0 Å². The van der Waals surface area contributed by atoms with Gasteiger partial charge in [-0.3, -0.25) is 9.59 Å². The Labute approximate surface area is 95.5 Å². The lowest BCUT2D eigenvalue weighted by molar-refractivity contribution is -0.350. The van der Waals surface area contributed by atoms with Crippen molar-refractivity contribution in [1.29, 1.82) is 0 Å². The molecule has 1 N–H and O–H groups in total. The minimum Gasteiger partial charge on any atom is -0.465 e. The highest BCUT2D eigenvalue weighted by atomic mass is 19.4. The van der Waals surface area contributed by atoms with Gasteiger partial charge >= 0.3 is 23.9 Å².